The lowest BCUT2D eigenvalue weighted by Crippen LogP contribution is -2.33. The molecular formula is C8H13O2S-. The second kappa shape index (κ2) is 3.50. The molecular weight excluding hydrogens is 160 g/mol. The summed E-state index contributed by atoms with van der Waals surface area (Å²) in [6.45, 7) is 3.58. The molecule has 1 fully saturated rings. The molecule has 11 heavy (non-hydrogen) atoms. The van der Waals surface area contributed by atoms with E-state index in [0.29, 0.717) is 0 Å². The molecule has 1 aliphatic rings. The predicted molar refractivity (Wildman–Crippen MR) is 44.9 cm³/mol. The van der Waals surface area contributed by atoms with Gasteiger partial charge in [-0.1, -0.05) is 25.3 Å². The van der Waals surface area contributed by atoms with Crippen molar-refractivity contribution in [3.63, 3.8) is 0 Å². The summed E-state index contributed by atoms with van der Waals surface area (Å²) in [6.07, 6.45) is 6.29. The van der Waals surface area contributed by atoms with E-state index in [1.165, 1.54) is 0 Å². The lowest BCUT2D eigenvalue weighted by Gasteiger charge is -2.36. The SMILES string of the molecule is C=CC1(S(=O)[O-])CCCCC1. The fourth-order valence-corrected chi connectivity index (χ4v) is 2.35. The molecule has 0 N–H and O–H groups in total. The summed E-state index contributed by atoms with van der Waals surface area (Å²) in [5, 5.41) is 0. The Morgan fingerprint density at radius 2 is 1.91 bits per heavy atom. The van der Waals surface area contributed by atoms with E-state index in [0.717, 1.165) is 32.1 Å². The standard InChI is InChI=1S/C8H14O2S/c1-2-8(11(9)10)6-4-3-5-7-8/h2H,1,3-7H2,(H,9,10)/p-1. The van der Waals surface area contributed by atoms with Gasteiger partial charge in [0.1, 0.15) is 0 Å². The van der Waals surface area contributed by atoms with E-state index in [9.17, 15) is 8.76 Å². The fourth-order valence-electron chi connectivity index (χ4n) is 1.59. The lowest BCUT2D eigenvalue weighted by atomic mass is 9.88. The van der Waals surface area contributed by atoms with Crippen LogP contribution in [-0.2, 0) is 11.1 Å². The van der Waals surface area contributed by atoms with Crippen molar-refractivity contribution in [2.24, 2.45) is 0 Å². The highest BCUT2D eigenvalue weighted by Gasteiger charge is 2.29. The Hall–Kier alpha value is -0.150. The molecule has 0 bridgehead atoms. The Kier molecular flexibility index (Phi) is 2.84. The van der Waals surface area contributed by atoms with Gasteiger partial charge in [-0.25, -0.2) is 0 Å². The van der Waals surface area contributed by atoms with Crippen LogP contribution in [0.5, 0.6) is 0 Å². The monoisotopic (exact) mass is 173 g/mol. The number of hydrogen-bond donors (Lipinski definition) is 0. The van der Waals surface area contributed by atoms with Gasteiger partial charge in [0.2, 0.25) is 0 Å². The first-order valence-electron chi connectivity index (χ1n) is 3.94. The molecule has 3 heteroatoms. The minimum absolute atomic E-state index is 0.599. The maximum absolute atomic E-state index is 10.8. The molecule has 1 aliphatic carbocycles. The zero-order valence-electron chi connectivity index (χ0n) is 6.54. The normalized spacial score (nSPS) is 25.9. The first kappa shape index (κ1) is 8.94. The molecule has 0 radical (unpaired) electrons. The molecule has 0 aromatic rings. The first-order chi connectivity index (χ1) is 5.21. The summed E-state index contributed by atoms with van der Waals surface area (Å²) in [7, 11) is 0. The van der Waals surface area contributed by atoms with Crippen molar-refractivity contribution in [1.82, 2.24) is 0 Å². The van der Waals surface area contributed by atoms with E-state index < -0.39 is 15.8 Å². The van der Waals surface area contributed by atoms with Crippen LogP contribution in [-0.4, -0.2) is 13.5 Å². The van der Waals surface area contributed by atoms with Crippen LogP contribution in [0, 0.1) is 0 Å². The van der Waals surface area contributed by atoms with Crippen LogP contribution >= 0.6 is 0 Å². The summed E-state index contributed by atoms with van der Waals surface area (Å²) in [5.74, 6) is 0. The molecule has 2 nitrogen and oxygen atoms in total. The smallest absolute Gasteiger partial charge is 0.0503 e. The lowest BCUT2D eigenvalue weighted by molar-refractivity contribution is 0.408. The van der Waals surface area contributed by atoms with Crippen LogP contribution in [0.25, 0.3) is 0 Å². The van der Waals surface area contributed by atoms with E-state index in [4.69, 9.17) is 0 Å². The van der Waals surface area contributed by atoms with Gasteiger partial charge < -0.3 is 4.55 Å². The van der Waals surface area contributed by atoms with E-state index >= 15 is 0 Å². The summed E-state index contributed by atoms with van der Waals surface area (Å²) < 4.78 is 21.1. The molecule has 0 heterocycles. The summed E-state index contributed by atoms with van der Waals surface area (Å²) >= 11 is -1.98. The molecule has 0 spiro atoms. The third-order valence-corrected chi connectivity index (χ3v) is 3.64. The minimum Gasteiger partial charge on any atom is -0.772 e. The molecule has 0 aromatic carbocycles. The second-order valence-corrected chi connectivity index (χ2v) is 4.35. The summed E-state index contributed by atoms with van der Waals surface area (Å²) in [5.41, 5.74) is 0. The summed E-state index contributed by atoms with van der Waals surface area (Å²) in [4.78, 5) is 0. The molecule has 0 aromatic heterocycles. The largest absolute Gasteiger partial charge is 0.772 e. The Balaban J connectivity index is 2.72. The van der Waals surface area contributed by atoms with Crippen LogP contribution in [0.2, 0.25) is 0 Å². The van der Waals surface area contributed by atoms with Crippen molar-refractivity contribution < 1.29 is 8.76 Å². The third-order valence-electron chi connectivity index (χ3n) is 2.40. The van der Waals surface area contributed by atoms with Gasteiger partial charge in [-0.2, -0.15) is 0 Å². The zero-order valence-corrected chi connectivity index (χ0v) is 7.36. The Morgan fingerprint density at radius 3 is 2.18 bits per heavy atom. The van der Waals surface area contributed by atoms with Gasteiger partial charge >= 0.3 is 0 Å². The van der Waals surface area contributed by atoms with E-state index in [1.807, 2.05) is 0 Å². The Morgan fingerprint density at radius 1 is 1.36 bits per heavy atom. The topological polar surface area (TPSA) is 40.1 Å². The highest BCUT2D eigenvalue weighted by atomic mass is 32.2. The van der Waals surface area contributed by atoms with Crippen LogP contribution in [0.1, 0.15) is 32.1 Å². The molecule has 1 saturated carbocycles. The van der Waals surface area contributed by atoms with Gasteiger partial charge in [-0.3, -0.25) is 4.21 Å². The minimum atomic E-state index is -1.98. The summed E-state index contributed by atoms with van der Waals surface area (Å²) in [6, 6.07) is 0. The molecule has 0 aliphatic heterocycles. The predicted octanol–water partition coefficient (Wildman–Crippen LogP) is 1.75. The Labute approximate surface area is 70.0 Å². The van der Waals surface area contributed by atoms with Gasteiger partial charge in [0.05, 0.1) is 4.75 Å². The molecule has 1 rings (SSSR count). The van der Waals surface area contributed by atoms with Crippen LogP contribution in [0.15, 0.2) is 12.7 Å². The van der Waals surface area contributed by atoms with Crippen molar-refractivity contribution in [3.8, 4) is 0 Å². The van der Waals surface area contributed by atoms with Gasteiger partial charge in [0.15, 0.2) is 0 Å². The molecule has 64 valence electrons. The van der Waals surface area contributed by atoms with Gasteiger partial charge in [0.25, 0.3) is 0 Å². The molecule has 0 amide bonds. The third kappa shape index (κ3) is 1.71. The maximum Gasteiger partial charge on any atom is 0.0503 e. The average molecular weight is 173 g/mol. The molecule has 1 unspecified atom stereocenters. The average Bonchev–Trinajstić information content (AvgIpc) is 2.05. The van der Waals surface area contributed by atoms with Gasteiger partial charge in [-0.05, 0) is 23.9 Å². The van der Waals surface area contributed by atoms with Gasteiger partial charge in [0, 0.05) is 0 Å². The van der Waals surface area contributed by atoms with Crippen molar-refractivity contribution in [3.05, 3.63) is 12.7 Å². The van der Waals surface area contributed by atoms with Crippen molar-refractivity contribution in [2.75, 3.05) is 0 Å². The Bertz CT molecular complexity index is 171. The van der Waals surface area contributed by atoms with E-state index in [-0.39, 0.29) is 0 Å². The second-order valence-electron chi connectivity index (χ2n) is 3.06. The quantitative estimate of drug-likeness (QED) is 0.471. The maximum atomic E-state index is 10.8. The van der Waals surface area contributed by atoms with Crippen molar-refractivity contribution in [2.45, 2.75) is 36.9 Å². The van der Waals surface area contributed by atoms with Crippen LogP contribution < -0.4 is 0 Å². The highest BCUT2D eigenvalue weighted by molar-refractivity contribution is 7.80. The number of rotatable bonds is 2. The van der Waals surface area contributed by atoms with Crippen molar-refractivity contribution >= 4 is 11.1 Å². The molecule has 0 saturated heterocycles. The van der Waals surface area contributed by atoms with E-state index in [1.54, 1.807) is 6.08 Å². The first-order valence-corrected chi connectivity index (χ1v) is 5.02. The highest BCUT2D eigenvalue weighted by Crippen LogP contribution is 2.33. The van der Waals surface area contributed by atoms with Crippen molar-refractivity contribution in [1.29, 1.82) is 0 Å². The molecule has 1 atom stereocenters. The zero-order chi connectivity index (χ0) is 8.32. The van der Waals surface area contributed by atoms with Crippen LogP contribution in [0.4, 0.5) is 0 Å². The van der Waals surface area contributed by atoms with Crippen LogP contribution in [0.3, 0.4) is 0 Å². The van der Waals surface area contributed by atoms with Gasteiger partial charge in [-0.15, -0.1) is 6.58 Å². The van der Waals surface area contributed by atoms with E-state index in [2.05, 4.69) is 6.58 Å². The fraction of sp³-hybridized carbons (Fsp3) is 0.750. The number of hydrogen-bond acceptors (Lipinski definition) is 2.